The number of nitrogens with zero attached hydrogens (tertiary/aromatic N) is 4. The lowest BCUT2D eigenvalue weighted by Gasteiger charge is -2.32. The maximum Gasteiger partial charge on any atom is 0.224 e. The summed E-state index contributed by atoms with van der Waals surface area (Å²) in [4.78, 5) is 18.7. The minimum absolute atomic E-state index is 0.0162. The molecule has 122 valence electrons. The van der Waals surface area contributed by atoms with E-state index in [4.69, 9.17) is 11.6 Å². The number of carbonyl (C=O) groups excluding carboxylic acids is 1. The zero-order valence-corrected chi connectivity index (χ0v) is 14.2. The molecule has 0 radical (unpaired) electrons. The highest BCUT2D eigenvalue weighted by molar-refractivity contribution is 7.09. The topological polar surface area (TPSA) is 71.0 Å². The predicted molar refractivity (Wildman–Crippen MR) is 90.8 cm³/mol. The summed E-state index contributed by atoms with van der Waals surface area (Å²) in [6.07, 6.45) is 4.44. The molecule has 6 nitrogen and oxygen atoms in total. The van der Waals surface area contributed by atoms with Crippen LogP contribution in [0.4, 0.5) is 5.82 Å². The third-order valence-electron chi connectivity index (χ3n) is 3.86. The van der Waals surface area contributed by atoms with E-state index in [1.54, 1.807) is 23.6 Å². The number of hydrogen-bond acceptors (Lipinski definition) is 6. The minimum atomic E-state index is -0.0162. The van der Waals surface area contributed by atoms with Crippen LogP contribution in [-0.4, -0.2) is 40.7 Å². The Kier molecular flexibility index (Phi) is 5.40. The van der Waals surface area contributed by atoms with E-state index in [0.29, 0.717) is 18.2 Å². The molecule has 1 aliphatic heterocycles. The Hall–Kier alpha value is -1.73. The lowest BCUT2D eigenvalue weighted by Crippen LogP contribution is -2.43. The number of amides is 1. The molecule has 1 atom stereocenters. The van der Waals surface area contributed by atoms with Gasteiger partial charge in [0.2, 0.25) is 5.91 Å². The van der Waals surface area contributed by atoms with Gasteiger partial charge in [-0.25, -0.2) is 4.98 Å². The van der Waals surface area contributed by atoms with E-state index in [1.807, 2.05) is 11.4 Å². The van der Waals surface area contributed by atoms with Crippen molar-refractivity contribution in [3.8, 4) is 0 Å². The summed E-state index contributed by atoms with van der Waals surface area (Å²) in [5, 5.41) is 14.4. The molecule has 1 aliphatic rings. The molecule has 0 aliphatic carbocycles. The predicted octanol–water partition coefficient (Wildman–Crippen LogP) is 2.16. The Balaban J connectivity index is 1.51. The first kappa shape index (κ1) is 16.1. The largest absolute Gasteiger partial charge is 0.355 e. The highest BCUT2D eigenvalue weighted by atomic mass is 35.5. The summed E-state index contributed by atoms with van der Waals surface area (Å²) in [5.41, 5.74) is 0. The molecule has 1 amide bonds. The Morgan fingerprint density at radius 1 is 1.43 bits per heavy atom. The number of piperidine rings is 1. The van der Waals surface area contributed by atoms with Crippen LogP contribution in [0.2, 0.25) is 5.15 Å². The van der Waals surface area contributed by atoms with Gasteiger partial charge in [0.1, 0.15) is 0 Å². The van der Waals surface area contributed by atoms with E-state index in [2.05, 4.69) is 25.4 Å². The molecule has 2 aromatic rings. The number of aromatic nitrogens is 3. The van der Waals surface area contributed by atoms with E-state index in [0.717, 1.165) is 36.6 Å². The van der Waals surface area contributed by atoms with Crippen molar-refractivity contribution in [1.82, 2.24) is 20.5 Å². The van der Waals surface area contributed by atoms with Crippen molar-refractivity contribution in [3.05, 3.63) is 33.9 Å². The summed E-state index contributed by atoms with van der Waals surface area (Å²) in [6.45, 7) is 2.18. The van der Waals surface area contributed by atoms with Crippen molar-refractivity contribution in [3.63, 3.8) is 0 Å². The van der Waals surface area contributed by atoms with Crippen LogP contribution in [0.15, 0.2) is 23.7 Å². The third-order valence-corrected chi connectivity index (χ3v) is 4.90. The first-order valence-corrected chi connectivity index (χ1v) is 8.88. The van der Waals surface area contributed by atoms with Gasteiger partial charge in [-0.05, 0) is 25.0 Å². The summed E-state index contributed by atoms with van der Waals surface area (Å²) in [6, 6.07) is 3.57. The number of anilines is 1. The quantitative estimate of drug-likeness (QED) is 0.893. The van der Waals surface area contributed by atoms with Gasteiger partial charge in [0.15, 0.2) is 11.0 Å². The first-order valence-electron chi connectivity index (χ1n) is 7.62. The Labute approximate surface area is 143 Å². The molecule has 1 fully saturated rings. The number of rotatable bonds is 5. The fourth-order valence-electron chi connectivity index (χ4n) is 2.69. The molecule has 1 N–H and O–H groups in total. The summed E-state index contributed by atoms with van der Waals surface area (Å²) < 4.78 is 0. The van der Waals surface area contributed by atoms with Crippen LogP contribution < -0.4 is 10.2 Å². The van der Waals surface area contributed by atoms with Crippen LogP contribution in [0.3, 0.4) is 0 Å². The summed E-state index contributed by atoms with van der Waals surface area (Å²) >= 11 is 7.38. The lowest BCUT2D eigenvalue weighted by molar-refractivity contribution is -0.125. The molecule has 1 unspecified atom stereocenters. The summed E-state index contributed by atoms with van der Waals surface area (Å²) in [7, 11) is 0. The molecule has 1 saturated heterocycles. The van der Waals surface area contributed by atoms with Crippen molar-refractivity contribution < 1.29 is 4.79 Å². The number of halogens is 1. The molecule has 0 bridgehead atoms. The van der Waals surface area contributed by atoms with Gasteiger partial charge in [-0.2, -0.15) is 0 Å². The monoisotopic (exact) mass is 351 g/mol. The fourth-order valence-corrected chi connectivity index (χ4v) is 3.41. The second-order valence-corrected chi connectivity index (χ2v) is 6.83. The van der Waals surface area contributed by atoms with Crippen LogP contribution in [-0.2, 0) is 11.2 Å². The van der Waals surface area contributed by atoms with Gasteiger partial charge in [-0.1, -0.05) is 11.6 Å². The van der Waals surface area contributed by atoms with Gasteiger partial charge in [0.25, 0.3) is 0 Å². The van der Waals surface area contributed by atoms with Crippen LogP contribution >= 0.6 is 22.9 Å². The van der Waals surface area contributed by atoms with E-state index in [-0.39, 0.29) is 11.8 Å². The smallest absolute Gasteiger partial charge is 0.224 e. The molecule has 2 aromatic heterocycles. The van der Waals surface area contributed by atoms with E-state index < -0.39 is 0 Å². The third kappa shape index (κ3) is 4.39. The molecule has 0 saturated carbocycles. The SMILES string of the molecule is O=C(NCCc1nccs1)C1CCCN(c2ccc(Cl)nn2)C1. The van der Waals surface area contributed by atoms with Gasteiger partial charge < -0.3 is 10.2 Å². The average Bonchev–Trinajstić information content (AvgIpc) is 3.09. The van der Waals surface area contributed by atoms with Crippen LogP contribution in [0, 0.1) is 5.92 Å². The highest BCUT2D eigenvalue weighted by Gasteiger charge is 2.26. The zero-order chi connectivity index (χ0) is 16.1. The number of carbonyl (C=O) groups is 1. The Morgan fingerprint density at radius 2 is 2.35 bits per heavy atom. The van der Waals surface area contributed by atoms with Gasteiger partial charge in [-0.3, -0.25) is 4.79 Å². The Bertz CT molecular complexity index is 634. The lowest BCUT2D eigenvalue weighted by atomic mass is 9.97. The van der Waals surface area contributed by atoms with Crippen molar-refractivity contribution in [2.75, 3.05) is 24.5 Å². The molecule has 23 heavy (non-hydrogen) atoms. The van der Waals surface area contributed by atoms with Crippen molar-refractivity contribution in [2.24, 2.45) is 5.92 Å². The molecule has 0 aromatic carbocycles. The number of hydrogen-bond donors (Lipinski definition) is 1. The second kappa shape index (κ2) is 7.70. The van der Waals surface area contributed by atoms with Gasteiger partial charge >= 0.3 is 0 Å². The minimum Gasteiger partial charge on any atom is -0.355 e. The molecule has 3 rings (SSSR count). The van der Waals surface area contributed by atoms with Crippen molar-refractivity contribution in [1.29, 1.82) is 0 Å². The van der Waals surface area contributed by atoms with E-state index >= 15 is 0 Å². The van der Waals surface area contributed by atoms with Crippen molar-refractivity contribution in [2.45, 2.75) is 19.3 Å². The van der Waals surface area contributed by atoms with E-state index in [9.17, 15) is 4.79 Å². The molecule has 0 spiro atoms. The van der Waals surface area contributed by atoms with Crippen molar-refractivity contribution >= 4 is 34.7 Å². The van der Waals surface area contributed by atoms with Crippen LogP contribution in [0.25, 0.3) is 0 Å². The zero-order valence-electron chi connectivity index (χ0n) is 12.6. The average molecular weight is 352 g/mol. The van der Waals surface area contributed by atoms with Gasteiger partial charge in [0, 0.05) is 37.6 Å². The van der Waals surface area contributed by atoms with E-state index in [1.165, 1.54) is 0 Å². The van der Waals surface area contributed by atoms with Gasteiger partial charge in [0.05, 0.1) is 10.9 Å². The molecular weight excluding hydrogens is 334 g/mol. The fraction of sp³-hybridized carbons (Fsp3) is 0.467. The maximum atomic E-state index is 12.3. The van der Waals surface area contributed by atoms with Crippen LogP contribution in [0.5, 0.6) is 0 Å². The molecule has 8 heteroatoms. The van der Waals surface area contributed by atoms with Crippen LogP contribution in [0.1, 0.15) is 17.8 Å². The Morgan fingerprint density at radius 3 is 3.09 bits per heavy atom. The molecular formula is C15H18ClN5OS. The summed E-state index contributed by atoms with van der Waals surface area (Å²) in [5.74, 6) is 0.861. The number of nitrogens with one attached hydrogen (secondary N) is 1. The normalized spacial score (nSPS) is 18.0. The van der Waals surface area contributed by atoms with Gasteiger partial charge in [-0.15, -0.1) is 21.5 Å². The standard InChI is InChI=1S/C15H18ClN5OS/c16-12-3-4-13(20-19-12)21-8-1-2-11(10-21)15(22)18-6-5-14-17-7-9-23-14/h3-4,7,9,11H,1-2,5-6,8,10H2,(H,18,22). The highest BCUT2D eigenvalue weighted by Crippen LogP contribution is 2.22. The molecule has 3 heterocycles. The first-order chi connectivity index (χ1) is 11.2. The second-order valence-electron chi connectivity index (χ2n) is 5.47. The maximum absolute atomic E-state index is 12.3. The number of thiazole rings is 1.